The molecule has 22 heavy (non-hydrogen) atoms. The van der Waals surface area contributed by atoms with E-state index in [-0.39, 0.29) is 0 Å². The Morgan fingerprint density at radius 1 is 0.591 bits per heavy atom. The minimum atomic E-state index is 1.10. The predicted octanol–water partition coefficient (Wildman–Crippen LogP) is 5.99. The van der Waals surface area contributed by atoms with Gasteiger partial charge in [0.25, 0.3) is 0 Å². The van der Waals surface area contributed by atoms with Crippen LogP contribution in [0.25, 0.3) is 21.5 Å². The molecular formula is C18H12Br2N2. The van der Waals surface area contributed by atoms with Crippen LogP contribution in [0.2, 0.25) is 0 Å². The molecule has 0 fully saturated rings. The maximum atomic E-state index is 4.04. The zero-order valence-electron chi connectivity index (χ0n) is 11.6. The molecule has 0 aliphatic rings. The molecule has 2 heterocycles. The fourth-order valence-corrected chi connectivity index (χ4v) is 3.12. The molecule has 0 spiro atoms. The van der Waals surface area contributed by atoms with Crippen molar-refractivity contribution in [3.8, 4) is 0 Å². The summed E-state index contributed by atoms with van der Waals surface area (Å²) in [5.41, 5.74) is 0. The monoisotopic (exact) mass is 414 g/mol. The van der Waals surface area contributed by atoms with Gasteiger partial charge in [-0.25, -0.2) is 0 Å². The number of hydrogen-bond donors (Lipinski definition) is 0. The summed E-state index contributed by atoms with van der Waals surface area (Å²) in [6.45, 7) is 0. The van der Waals surface area contributed by atoms with Gasteiger partial charge in [-0.15, -0.1) is 0 Å². The molecule has 2 aromatic heterocycles. The summed E-state index contributed by atoms with van der Waals surface area (Å²) in [5.74, 6) is 0. The van der Waals surface area contributed by atoms with Gasteiger partial charge in [-0.1, -0.05) is 56.1 Å². The Balaban J connectivity index is 0.000000131. The van der Waals surface area contributed by atoms with Crippen molar-refractivity contribution >= 4 is 53.4 Å². The molecule has 0 saturated heterocycles. The summed E-state index contributed by atoms with van der Waals surface area (Å²) in [5, 5.41) is 4.76. The van der Waals surface area contributed by atoms with Crippen molar-refractivity contribution in [1.82, 2.24) is 9.97 Å². The SMILES string of the molecule is Brc1cccc2ccncc12.Brc1cccc2ccncc12. The van der Waals surface area contributed by atoms with E-state index in [1.54, 1.807) is 12.4 Å². The second-order valence-electron chi connectivity index (χ2n) is 4.67. The van der Waals surface area contributed by atoms with Crippen molar-refractivity contribution in [2.24, 2.45) is 0 Å². The van der Waals surface area contributed by atoms with Crippen LogP contribution in [0.5, 0.6) is 0 Å². The molecule has 2 aromatic carbocycles. The Morgan fingerprint density at radius 3 is 1.45 bits per heavy atom. The minimum Gasteiger partial charge on any atom is -0.264 e. The van der Waals surface area contributed by atoms with Gasteiger partial charge in [0.2, 0.25) is 0 Å². The highest BCUT2D eigenvalue weighted by Crippen LogP contribution is 2.22. The first-order chi connectivity index (χ1) is 10.8. The van der Waals surface area contributed by atoms with E-state index < -0.39 is 0 Å². The van der Waals surface area contributed by atoms with Gasteiger partial charge >= 0.3 is 0 Å². The van der Waals surface area contributed by atoms with Crippen LogP contribution in [0.15, 0.2) is 82.3 Å². The van der Waals surface area contributed by atoms with Gasteiger partial charge in [-0.2, -0.15) is 0 Å². The molecule has 0 radical (unpaired) electrons. The summed E-state index contributed by atoms with van der Waals surface area (Å²) in [6.07, 6.45) is 7.32. The van der Waals surface area contributed by atoms with Crippen molar-refractivity contribution in [3.63, 3.8) is 0 Å². The third-order valence-electron chi connectivity index (χ3n) is 3.26. The summed E-state index contributed by atoms with van der Waals surface area (Å²) in [6, 6.07) is 16.2. The number of fused-ring (bicyclic) bond motifs is 2. The summed E-state index contributed by atoms with van der Waals surface area (Å²) in [7, 11) is 0. The van der Waals surface area contributed by atoms with Crippen molar-refractivity contribution in [2.45, 2.75) is 0 Å². The van der Waals surface area contributed by atoms with E-state index in [0.29, 0.717) is 0 Å². The van der Waals surface area contributed by atoms with Gasteiger partial charge in [0.05, 0.1) is 0 Å². The Labute approximate surface area is 145 Å². The summed E-state index contributed by atoms with van der Waals surface area (Å²) >= 11 is 6.91. The van der Waals surface area contributed by atoms with Gasteiger partial charge < -0.3 is 0 Å². The minimum absolute atomic E-state index is 1.10. The van der Waals surface area contributed by atoms with Crippen LogP contribution in [0.1, 0.15) is 0 Å². The second kappa shape index (κ2) is 6.99. The average Bonchev–Trinajstić information content (AvgIpc) is 2.57. The van der Waals surface area contributed by atoms with Gasteiger partial charge in [-0.3, -0.25) is 9.97 Å². The topological polar surface area (TPSA) is 25.8 Å². The maximum absolute atomic E-state index is 4.04. The first-order valence-electron chi connectivity index (χ1n) is 6.72. The normalized spacial score (nSPS) is 10.3. The number of pyridine rings is 2. The van der Waals surface area contributed by atoms with E-state index in [2.05, 4.69) is 54.0 Å². The van der Waals surface area contributed by atoms with E-state index in [1.807, 2.05) is 48.8 Å². The molecule has 0 saturated carbocycles. The smallest absolute Gasteiger partial charge is 0.0357 e. The molecule has 0 aliphatic carbocycles. The van der Waals surface area contributed by atoms with Crippen molar-refractivity contribution in [2.75, 3.05) is 0 Å². The largest absolute Gasteiger partial charge is 0.264 e. The highest BCUT2D eigenvalue weighted by Gasteiger charge is 1.95. The maximum Gasteiger partial charge on any atom is 0.0357 e. The molecule has 0 unspecified atom stereocenters. The zero-order chi connectivity index (χ0) is 15.4. The van der Waals surface area contributed by atoms with E-state index in [0.717, 1.165) is 19.7 Å². The Kier molecular flexibility index (Phi) is 4.80. The number of rotatable bonds is 0. The molecular weight excluding hydrogens is 404 g/mol. The third kappa shape index (κ3) is 3.34. The Morgan fingerprint density at radius 2 is 1.05 bits per heavy atom. The van der Waals surface area contributed by atoms with Crippen molar-refractivity contribution in [1.29, 1.82) is 0 Å². The lowest BCUT2D eigenvalue weighted by atomic mass is 10.2. The fourth-order valence-electron chi connectivity index (χ4n) is 2.15. The van der Waals surface area contributed by atoms with Crippen molar-refractivity contribution < 1.29 is 0 Å². The fraction of sp³-hybridized carbons (Fsp3) is 0. The molecule has 0 atom stereocenters. The van der Waals surface area contributed by atoms with E-state index in [1.165, 1.54) is 10.8 Å². The molecule has 108 valence electrons. The Hall–Kier alpha value is -1.78. The number of benzene rings is 2. The van der Waals surface area contributed by atoms with Crippen molar-refractivity contribution in [3.05, 3.63) is 82.3 Å². The van der Waals surface area contributed by atoms with E-state index in [4.69, 9.17) is 0 Å². The molecule has 4 rings (SSSR count). The third-order valence-corrected chi connectivity index (χ3v) is 4.64. The lowest BCUT2D eigenvalue weighted by molar-refractivity contribution is 1.36. The summed E-state index contributed by atoms with van der Waals surface area (Å²) in [4.78, 5) is 8.09. The molecule has 0 bridgehead atoms. The van der Waals surface area contributed by atoms with Crippen LogP contribution in [0.4, 0.5) is 0 Å². The van der Waals surface area contributed by atoms with Crippen LogP contribution in [-0.2, 0) is 0 Å². The molecule has 0 aliphatic heterocycles. The lowest BCUT2D eigenvalue weighted by Crippen LogP contribution is -1.74. The first-order valence-corrected chi connectivity index (χ1v) is 8.31. The Bertz CT molecular complexity index is 835. The lowest BCUT2D eigenvalue weighted by Gasteiger charge is -1.96. The second-order valence-corrected chi connectivity index (χ2v) is 6.38. The van der Waals surface area contributed by atoms with Gasteiger partial charge in [-0.05, 0) is 35.0 Å². The van der Waals surface area contributed by atoms with Crippen LogP contribution >= 0.6 is 31.9 Å². The van der Waals surface area contributed by atoms with Crippen LogP contribution < -0.4 is 0 Å². The number of halogens is 2. The average molecular weight is 416 g/mol. The predicted molar refractivity (Wildman–Crippen MR) is 98.9 cm³/mol. The van der Waals surface area contributed by atoms with Gasteiger partial charge in [0.15, 0.2) is 0 Å². The first kappa shape index (κ1) is 15.1. The zero-order valence-corrected chi connectivity index (χ0v) is 14.8. The molecule has 0 amide bonds. The number of aromatic nitrogens is 2. The number of nitrogens with zero attached hydrogens (tertiary/aromatic N) is 2. The molecule has 4 heteroatoms. The van der Waals surface area contributed by atoms with Gasteiger partial charge in [0, 0.05) is 44.5 Å². The summed E-state index contributed by atoms with van der Waals surface area (Å²) < 4.78 is 2.20. The van der Waals surface area contributed by atoms with Gasteiger partial charge in [0.1, 0.15) is 0 Å². The number of hydrogen-bond acceptors (Lipinski definition) is 2. The van der Waals surface area contributed by atoms with E-state index >= 15 is 0 Å². The van der Waals surface area contributed by atoms with Crippen LogP contribution in [0, 0.1) is 0 Å². The van der Waals surface area contributed by atoms with E-state index in [9.17, 15) is 0 Å². The standard InChI is InChI=1S/2C9H6BrN/c2*10-9-3-1-2-7-4-5-11-6-8(7)9/h2*1-6H. The highest BCUT2D eigenvalue weighted by atomic mass is 79.9. The molecule has 4 aromatic rings. The van der Waals surface area contributed by atoms with Crippen LogP contribution in [0.3, 0.4) is 0 Å². The quantitative estimate of drug-likeness (QED) is 0.352. The highest BCUT2D eigenvalue weighted by molar-refractivity contribution is 9.11. The van der Waals surface area contributed by atoms with Crippen LogP contribution in [-0.4, -0.2) is 9.97 Å². The molecule has 0 N–H and O–H groups in total. The molecule has 2 nitrogen and oxygen atoms in total.